The van der Waals surface area contributed by atoms with Gasteiger partial charge in [0.2, 0.25) is 11.9 Å². The molecule has 4 aromatic carbocycles. The van der Waals surface area contributed by atoms with Gasteiger partial charge >= 0.3 is 0 Å². The van der Waals surface area contributed by atoms with E-state index >= 15 is 4.39 Å². The van der Waals surface area contributed by atoms with Crippen LogP contribution in [0, 0.1) is 11.2 Å². The summed E-state index contributed by atoms with van der Waals surface area (Å²) < 4.78 is 19.9. The normalized spacial score (nSPS) is 19.4. The van der Waals surface area contributed by atoms with Crippen molar-refractivity contribution in [2.75, 3.05) is 33.6 Å². The smallest absolute Gasteiger partial charge is 0.206 e. The summed E-state index contributed by atoms with van der Waals surface area (Å²) in [6.45, 7) is 1.52. The van der Waals surface area contributed by atoms with E-state index in [1.807, 2.05) is 102 Å². The molecule has 0 radical (unpaired) electrons. The lowest BCUT2D eigenvalue weighted by Gasteiger charge is -2.35. The van der Waals surface area contributed by atoms with E-state index in [4.69, 9.17) is 30.8 Å². The minimum Gasteiger partial charge on any atom is -0.383 e. The third-order valence-corrected chi connectivity index (χ3v) is 15.1. The largest absolute Gasteiger partial charge is 0.383 e. The van der Waals surface area contributed by atoms with E-state index in [2.05, 4.69) is 66.7 Å². The van der Waals surface area contributed by atoms with E-state index in [-0.39, 0.29) is 29.8 Å². The number of halogens is 1. The maximum atomic E-state index is 15.9. The lowest BCUT2D eigenvalue weighted by atomic mass is 10.0. The summed E-state index contributed by atoms with van der Waals surface area (Å²) in [6.07, 6.45) is 11.8. The number of anilines is 6. The quantitative estimate of drug-likeness (QED) is 0.0619. The average molecular weight is 968 g/mol. The van der Waals surface area contributed by atoms with E-state index in [0.717, 1.165) is 107 Å². The van der Waals surface area contributed by atoms with E-state index in [0.29, 0.717) is 59.6 Å². The van der Waals surface area contributed by atoms with Gasteiger partial charge in [-0.05, 0) is 109 Å². The molecular formula is C57H54FN15. The minimum atomic E-state index is -0.339. The molecule has 7 heterocycles. The van der Waals surface area contributed by atoms with Crippen molar-refractivity contribution in [3.63, 3.8) is 0 Å². The van der Waals surface area contributed by atoms with Gasteiger partial charge in [-0.2, -0.15) is 10.1 Å². The zero-order chi connectivity index (χ0) is 49.2. The molecule has 13 rings (SSSR count). The molecule has 2 aliphatic carbocycles. The third kappa shape index (κ3) is 8.12. The highest BCUT2D eigenvalue weighted by atomic mass is 19.1. The van der Waals surface area contributed by atoms with Gasteiger partial charge in [0.25, 0.3) is 0 Å². The number of rotatable bonds is 11. The summed E-state index contributed by atoms with van der Waals surface area (Å²) >= 11 is 0. The Labute approximate surface area is 421 Å². The van der Waals surface area contributed by atoms with Gasteiger partial charge in [0.05, 0.1) is 49.0 Å². The van der Waals surface area contributed by atoms with Crippen LogP contribution in [-0.4, -0.2) is 71.2 Å². The van der Waals surface area contributed by atoms with E-state index in [1.165, 1.54) is 6.07 Å². The van der Waals surface area contributed by atoms with Crippen molar-refractivity contribution in [1.82, 2.24) is 34.2 Å². The summed E-state index contributed by atoms with van der Waals surface area (Å²) in [5.41, 5.74) is 17.1. The number of para-hydroxylation sites is 1. The van der Waals surface area contributed by atoms with Crippen LogP contribution < -0.4 is 32.1 Å². The Morgan fingerprint density at radius 2 is 1.58 bits per heavy atom. The molecule has 2 saturated carbocycles. The van der Waals surface area contributed by atoms with Gasteiger partial charge < -0.3 is 26.6 Å². The fourth-order valence-corrected chi connectivity index (χ4v) is 11.5. The summed E-state index contributed by atoms with van der Waals surface area (Å²) in [5.74, 6) is 3.85. The molecule has 0 saturated heterocycles. The second-order valence-corrected chi connectivity index (χ2v) is 19.7. The number of aliphatic imine (C=N–C) groups is 2. The van der Waals surface area contributed by atoms with Crippen molar-refractivity contribution in [2.45, 2.75) is 82.3 Å². The van der Waals surface area contributed by atoms with Gasteiger partial charge in [-0.3, -0.25) is 29.8 Å². The first kappa shape index (κ1) is 44.3. The molecule has 4 unspecified atom stereocenters. The number of nitrogens with two attached hydrogens (primary N) is 1. The summed E-state index contributed by atoms with van der Waals surface area (Å²) in [4.78, 5) is 28.5. The molecule has 6 N–H and O–H groups in total. The molecule has 0 spiro atoms. The van der Waals surface area contributed by atoms with Crippen LogP contribution >= 0.6 is 0 Å². The molecule has 3 aliphatic heterocycles. The zero-order valence-corrected chi connectivity index (χ0v) is 40.4. The highest BCUT2D eigenvalue weighted by Crippen LogP contribution is 2.44. The molecular weight excluding hydrogens is 914 g/mol. The number of pyridine rings is 2. The van der Waals surface area contributed by atoms with Crippen LogP contribution in [0.5, 0.6) is 0 Å². The second-order valence-electron chi connectivity index (χ2n) is 19.7. The van der Waals surface area contributed by atoms with Crippen LogP contribution in [0.15, 0.2) is 150 Å². The molecule has 4 aromatic heterocycles. The molecule has 15 nitrogen and oxygen atoms in total. The van der Waals surface area contributed by atoms with Crippen LogP contribution in [0.25, 0.3) is 33.5 Å². The summed E-state index contributed by atoms with van der Waals surface area (Å²) in [6, 6.07) is 40.5. The minimum absolute atomic E-state index is 0.174. The maximum Gasteiger partial charge on any atom is 0.206 e. The average Bonchev–Trinajstić information content (AvgIpc) is 4.27. The molecule has 4 atom stereocenters. The molecule has 364 valence electrons. The number of amidine groups is 1. The van der Waals surface area contributed by atoms with Crippen molar-refractivity contribution >= 4 is 46.6 Å². The monoisotopic (exact) mass is 967 g/mol. The van der Waals surface area contributed by atoms with Crippen molar-refractivity contribution in [2.24, 2.45) is 9.98 Å². The number of benzene rings is 4. The first-order valence-corrected chi connectivity index (χ1v) is 25.2. The Hall–Kier alpha value is -8.66. The molecule has 2 fully saturated rings. The number of aromatic nitrogens is 6. The van der Waals surface area contributed by atoms with E-state index in [9.17, 15) is 5.41 Å². The Morgan fingerprint density at radius 1 is 0.822 bits per heavy atom. The number of fused-ring (bicyclic) bond motifs is 8. The Balaban J connectivity index is 0.757. The van der Waals surface area contributed by atoms with Crippen LogP contribution in [0.4, 0.5) is 39.2 Å². The highest BCUT2D eigenvalue weighted by molar-refractivity contribution is 6.10. The van der Waals surface area contributed by atoms with Crippen molar-refractivity contribution in [3.8, 4) is 33.5 Å². The predicted molar refractivity (Wildman–Crippen MR) is 285 cm³/mol. The standard InChI is InChI=1S/C57H54FN15/c1-70-33-43-54(71(69-55(43)73-49-12-6-10-47(49)67-57(70)73)32-35-15-17-36(18-16-35)37-25-27-61-28-26-37)65-41-22-23-44(58)42(29-41)39-21-24-45(62-31-39)38-19-13-34(14-20-38)30-63-53(64-40-7-3-2-4-8-40)50-51(59)68-56-66-46-9-5-11-48(46)72(56)52(50)60/h2-4,7-8,13-29,31,46-49,60,65H,5-6,9-12,30,32-33,59H2,1H3,(H,63,64)(H,66,68). The first-order valence-electron chi connectivity index (χ1n) is 25.2. The Morgan fingerprint density at radius 3 is 2.38 bits per heavy atom. The Bertz CT molecular complexity index is 3500. The van der Waals surface area contributed by atoms with E-state index in [1.54, 1.807) is 12.3 Å². The number of hydrogen-bond donors (Lipinski definition) is 5. The van der Waals surface area contributed by atoms with Gasteiger partial charge in [0.15, 0.2) is 5.82 Å². The second kappa shape index (κ2) is 18.2. The van der Waals surface area contributed by atoms with Gasteiger partial charge in [0.1, 0.15) is 34.3 Å². The topological polar surface area (TPSA) is 179 Å². The Kier molecular flexibility index (Phi) is 11.0. The van der Waals surface area contributed by atoms with Crippen LogP contribution in [0.1, 0.15) is 66.8 Å². The van der Waals surface area contributed by atoms with Crippen LogP contribution in [-0.2, 0) is 19.6 Å². The number of guanidine groups is 1. The fraction of sp³-hybridized carbons (Fsp3) is 0.246. The highest BCUT2D eigenvalue weighted by Gasteiger charge is 2.46. The molecule has 16 heteroatoms. The van der Waals surface area contributed by atoms with Crippen molar-refractivity contribution in [3.05, 3.63) is 173 Å². The number of nitrogens with zero attached hydrogens (tertiary/aromatic N) is 10. The number of hydrogen-bond acceptors (Lipinski definition) is 12. The predicted octanol–water partition coefficient (Wildman–Crippen LogP) is 9.98. The van der Waals surface area contributed by atoms with E-state index < -0.39 is 0 Å². The van der Waals surface area contributed by atoms with Crippen LogP contribution in [0.3, 0.4) is 0 Å². The van der Waals surface area contributed by atoms with Gasteiger partial charge in [-0.15, -0.1) is 0 Å². The molecule has 73 heavy (non-hydrogen) atoms. The van der Waals surface area contributed by atoms with Gasteiger partial charge in [0, 0.05) is 59.7 Å². The summed E-state index contributed by atoms with van der Waals surface area (Å²) in [5, 5.41) is 25.3. The molecule has 0 amide bonds. The zero-order valence-electron chi connectivity index (χ0n) is 40.4. The molecule has 0 bridgehead atoms. The SMILES string of the molecule is CN1Cc2c(nn(Cc3ccc(-c4ccncc4)cc3)c2Nc2ccc(F)c(-c3ccc(-c4ccc(CN=C(Nc5ccccc5)c5c(N)nc6n(c5=N)C5CCCC5N6)cc4)nc3)c2)N2C1=NC1CCCC12. The lowest BCUT2D eigenvalue weighted by Crippen LogP contribution is -2.48. The first-order chi connectivity index (χ1) is 35.8. The number of nitrogens with one attached hydrogen (secondary N) is 4. The summed E-state index contributed by atoms with van der Waals surface area (Å²) in [7, 11) is 2.10. The maximum absolute atomic E-state index is 15.9. The lowest BCUT2D eigenvalue weighted by molar-refractivity contribution is 0.475. The van der Waals surface area contributed by atoms with Gasteiger partial charge in [-0.25, -0.2) is 14.1 Å². The van der Waals surface area contributed by atoms with Gasteiger partial charge in [-0.1, -0.05) is 72.8 Å². The van der Waals surface area contributed by atoms with Crippen molar-refractivity contribution in [1.29, 1.82) is 5.41 Å². The van der Waals surface area contributed by atoms with Crippen molar-refractivity contribution < 1.29 is 4.39 Å². The molecule has 5 aliphatic rings. The third-order valence-electron chi connectivity index (χ3n) is 15.1. The number of nitrogen functional groups attached to an aromatic ring is 1. The molecule has 8 aromatic rings. The fourth-order valence-electron chi connectivity index (χ4n) is 11.5. The van der Waals surface area contributed by atoms with Crippen LogP contribution in [0.2, 0.25) is 0 Å².